The number of nitrogens with zero attached hydrogens (tertiary/aromatic N) is 3. The molecule has 17 heavy (non-hydrogen) atoms. The summed E-state index contributed by atoms with van der Waals surface area (Å²) in [6.07, 6.45) is 3.53. The molecule has 0 saturated heterocycles. The van der Waals surface area contributed by atoms with Crippen molar-refractivity contribution in [3.8, 4) is 0 Å². The molecule has 1 N–H and O–H groups in total. The highest BCUT2D eigenvalue weighted by Crippen LogP contribution is 2.16. The van der Waals surface area contributed by atoms with E-state index in [-0.39, 0.29) is 5.91 Å². The van der Waals surface area contributed by atoms with Crippen molar-refractivity contribution in [2.75, 3.05) is 11.6 Å². The van der Waals surface area contributed by atoms with Crippen LogP contribution in [0.5, 0.6) is 0 Å². The van der Waals surface area contributed by atoms with E-state index in [1.54, 1.807) is 18.3 Å². The van der Waals surface area contributed by atoms with Crippen LogP contribution in [0.15, 0.2) is 23.4 Å². The van der Waals surface area contributed by atoms with Crippen LogP contribution in [0.2, 0.25) is 0 Å². The highest BCUT2D eigenvalue weighted by atomic mass is 32.2. The van der Waals surface area contributed by atoms with Crippen LogP contribution in [0.3, 0.4) is 0 Å². The lowest BCUT2D eigenvalue weighted by Crippen LogP contribution is -2.11. The zero-order chi connectivity index (χ0) is 12.3. The van der Waals surface area contributed by atoms with Gasteiger partial charge >= 0.3 is 0 Å². The molecule has 88 valence electrons. The molecule has 2 rings (SSSR count). The highest BCUT2D eigenvalue weighted by Gasteiger charge is 2.09. The fourth-order valence-corrected chi connectivity index (χ4v) is 2.18. The number of rotatable bonds is 3. The zero-order valence-electron chi connectivity index (χ0n) is 9.30. The zero-order valence-corrected chi connectivity index (χ0v) is 10.9. The third kappa shape index (κ3) is 3.01. The van der Waals surface area contributed by atoms with Crippen LogP contribution in [-0.2, 0) is 0 Å². The molecule has 0 atom stereocenters. The van der Waals surface area contributed by atoms with Crippen molar-refractivity contribution >= 4 is 34.1 Å². The number of pyridine rings is 1. The Hall–Kier alpha value is -1.47. The standard InChI is InChI=1S/C10H10N4OS2/c1-6-13-14-10(17-6)12-9(15)7-3-4-11-8(5-7)16-2/h3-5H,1-2H3,(H,12,14,15). The molecule has 2 aromatic rings. The number of nitrogens with one attached hydrogen (secondary N) is 1. The van der Waals surface area contributed by atoms with E-state index in [0.29, 0.717) is 10.7 Å². The highest BCUT2D eigenvalue weighted by molar-refractivity contribution is 7.98. The van der Waals surface area contributed by atoms with Crippen LogP contribution < -0.4 is 5.32 Å². The molecule has 0 fully saturated rings. The van der Waals surface area contributed by atoms with Crippen molar-refractivity contribution in [3.05, 3.63) is 28.9 Å². The summed E-state index contributed by atoms with van der Waals surface area (Å²) < 4.78 is 0. The molecule has 0 aliphatic heterocycles. The van der Waals surface area contributed by atoms with E-state index in [4.69, 9.17) is 0 Å². The largest absolute Gasteiger partial charge is 0.296 e. The van der Waals surface area contributed by atoms with Gasteiger partial charge in [0.05, 0.1) is 5.03 Å². The molecule has 1 amide bonds. The van der Waals surface area contributed by atoms with E-state index in [1.165, 1.54) is 23.1 Å². The second-order valence-corrected chi connectivity index (χ2v) is 5.18. The van der Waals surface area contributed by atoms with Gasteiger partial charge in [0, 0.05) is 11.8 Å². The van der Waals surface area contributed by atoms with Gasteiger partial charge in [-0.3, -0.25) is 10.1 Å². The van der Waals surface area contributed by atoms with Crippen molar-refractivity contribution in [2.45, 2.75) is 11.9 Å². The maximum absolute atomic E-state index is 11.9. The van der Waals surface area contributed by atoms with Crippen LogP contribution in [0.1, 0.15) is 15.4 Å². The first-order valence-electron chi connectivity index (χ1n) is 4.80. The fraction of sp³-hybridized carbons (Fsp3) is 0.200. The van der Waals surface area contributed by atoms with Gasteiger partial charge in [0.15, 0.2) is 0 Å². The van der Waals surface area contributed by atoms with Gasteiger partial charge in [0.1, 0.15) is 5.01 Å². The number of carbonyl (C=O) groups is 1. The number of hydrogen-bond acceptors (Lipinski definition) is 6. The van der Waals surface area contributed by atoms with E-state index in [1.807, 2.05) is 13.2 Å². The monoisotopic (exact) mass is 266 g/mol. The second kappa shape index (κ2) is 5.24. The number of amides is 1. The van der Waals surface area contributed by atoms with Gasteiger partial charge in [-0.05, 0) is 25.3 Å². The van der Waals surface area contributed by atoms with E-state index in [0.717, 1.165) is 10.0 Å². The molecule has 0 radical (unpaired) electrons. The lowest BCUT2D eigenvalue weighted by Gasteiger charge is -2.02. The molecule has 0 aromatic carbocycles. The number of carbonyl (C=O) groups excluding carboxylic acids is 1. The average molecular weight is 266 g/mol. The topological polar surface area (TPSA) is 67.8 Å². The molecule has 0 aliphatic rings. The molecular weight excluding hydrogens is 256 g/mol. The lowest BCUT2D eigenvalue weighted by molar-refractivity contribution is 0.102. The molecule has 0 unspecified atom stereocenters. The number of thioether (sulfide) groups is 1. The maximum Gasteiger partial charge on any atom is 0.257 e. The van der Waals surface area contributed by atoms with E-state index in [2.05, 4.69) is 20.5 Å². The van der Waals surface area contributed by atoms with Crippen molar-refractivity contribution in [1.82, 2.24) is 15.2 Å². The Bertz CT molecular complexity index is 541. The predicted octanol–water partition coefficient (Wildman–Crippen LogP) is 2.22. The van der Waals surface area contributed by atoms with Gasteiger partial charge < -0.3 is 0 Å². The third-order valence-electron chi connectivity index (χ3n) is 1.95. The Morgan fingerprint density at radius 1 is 1.47 bits per heavy atom. The smallest absolute Gasteiger partial charge is 0.257 e. The number of aryl methyl sites for hydroxylation is 1. The van der Waals surface area contributed by atoms with Crippen LogP contribution in [0.4, 0.5) is 5.13 Å². The maximum atomic E-state index is 11.9. The van der Waals surface area contributed by atoms with Crippen molar-refractivity contribution in [2.24, 2.45) is 0 Å². The Labute approximate surface area is 107 Å². The Morgan fingerprint density at radius 3 is 2.94 bits per heavy atom. The minimum absolute atomic E-state index is 0.196. The summed E-state index contributed by atoms with van der Waals surface area (Å²) in [7, 11) is 0. The Balaban J connectivity index is 2.14. The number of hydrogen-bond donors (Lipinski definition) is 1. The molecular formula is C10H10N4OS2. The Morgan fingerprint density at radius 2 is 2.29 bits per heavy atom. The third-order valence-corrected chi connectivity index (χ3v) is 3.35. The summed E-state index contributed by atoms with van der Waals surface area (Å²) >= 11 is 2.84. The van der Waals surface area contributed by atoms with Gasteiger partial charge in [-0.25, -0.2) is 4.98 Å². The van der Waals surface area contributed by atoms with Crippen LogP contribution in [-0.4, -0.2) is 27.3 Å². The van der Waals surface area contributed by atoms with Crippen LogP contribution in [0.25, 0.3) is 0 Å². The SMILES string of the molecule is CSc1cc(C(=O)Nc2nnc(C)s2)ccn1. The molecule has 0 bridgehead atoms. The fourth-order valence-electron chi connectivity index (χ4n) is 1.18. The normalized spacial score (nSPS) is 10.2. The first-order chi connectivity index (χ1) is 8.19. The van der Waals surface area contributed by atoms with Crippen molar-refractivity contribution < 1.29 is 4.79 Å². The van der Waals surface area contributed by atoms with Crippen LogP contribution >= 0.6 is 23.1 Å². The summed E-state index contributed by atoms with van der Waals surface area (Å²) in [6, 6.07) is 3.41. The van der Waals surface area contributed by atoms with E-state index < -0.39 is 0 Å². The van der Waals surface area contributed by atoms with Gasteiger partial charge in [-0.2, -0.15) is 0 Å². The molecule has 2 aromatic heterocycles. The second-order valence-electron chi connectivity index (χ2n) is 3.17. The van der Waals surface area contributed by atoms with Gasteiger partial charge in [0.25, 0.3) is 5.91 Å². The molecule has 0 saturated carbocycles. The van der Waals surface area contributed by atoms with Gasteiger partial charge in [-0.1, -0.05) is 11.3 Å². The first-order valence-corrected chi connectivity index (χ1v) is 6.84. The van der Waals surface area contributed by atoms with Gasteiger partial charge in [0.2, 0.25) is 5.13 Å². The summed E-state index contributed by atoms with van der Waals surface area (Å²) in [5, 5.41) is 12.5. The molecule has 0 aliphatic carbocycles. The summed E-state index contributed by atoms with van der Waals surface area (Å²) in [5.74, 6) is -0.196. The summed E-state index contributed by atoms with van der Waals surface area (Å²) in [4.78, 5) is 16.0. The molecule has 0 spiro atoms. The first kappa shape index (κ1) is 12.0. The summed E-state index contributed by atoms with van der Waals surface area (Å²) in [6.45, 7) is 1.84. The lowest BCUT2D eigenvalue weighted by atomic mass is 10.2. The van der Waals surface area contributed by atoms with Gasteiger partial charge in [-0.15, -0.1) is 22.0 Å². The quantitative estimate of drug-likeness (QED) is 0.863. The van der Waals surface area contributed by atoms with Crippen molar-refractivity contribution in [1.29, 1.82) is 0 Å². The number of anilines is 1. The molecule has 2 heterocycles. The summed E-state index contributed by atoms with van der Waals surface area (Å²) in [5.41, 5.74) is 0.567. The minimum Gasteiger partial charge on any atom is -0.296 e. The van der Waals surface area contributed by atoms with Crippen molar-refractivity contribution in [3.63, 3.8) is 0 Å². The molecule has 7 heteroatoms. The van der Waals surface area contributed by atoms with E-state index in [9.17, 15) is 4.79 Å². The average Bonchev–Trinajstić information content (AvgIpc) is 2.75. The minimum atomic E-state index is -0.196. The predicted molar refractivity (Wildman–Crippen MR) is 68.6 cm³/mol. The van der Waals surface area contributed by atoms with E-state index >= 15 is 0 Å². The van der Waals surface area contributed by atoms with Crippen LogP contribution in [0, 0.1) is 6.92 Å². The molecule has 5 nitrogen and oxygen atoms in total. The Kier molecular flexibility index (Phi) is 3.70. The number of aromatic nitrogens is 3.